The lowest BCUT2D eigenvalue weighted by atomic mass is 10.0. The maximum absolute atomic E-state index is 12.7. The molecule has 148 valence electrons. The molecule has 0 radical (unpaired) electrons. The van der Waals surface area contributed by atoms with Crippen LogP contribution in [0.3, 0.4) is 0 Å². The van der Waals surface area contributed by atoms with Crippen LogP contribution in [-0.4, -0.2) is 39.1 Å². The van der Waals surface area contributed by atoms with Crippen molar-refractivity contribution in [1.82, 2.24) is 14.7 Å². The first-order valence-corrected chi connectivity index (χ1v) is 9.60. The molecule has 1 aliphatic rings. The van der Waals surface area contributed by atoms with Crippen molar-refractivity contribution in [1.29, 1.82) is 0 Å². The molecule has 1 aliphatic heterocycles. The Balaban J connectivity index is 1.64. The normalized spacial score (nSPS) is 17.0. The van der Waals surface area contributed by atoms with Crippen LogP contribution in [0.4, 0.5) is 0 Å². The molecule has 29 heavy (non-hydrogen) atoms. The highest BCUT2D eigenvalue weighted by Gasteiger charge is 2.29. The standard InChI is InChI=1S/C22H22N4O3/c23-22(28)18-9-4-5-13-25(18)20(27)12-11-16-15-26(17-7-2-1-3-8-17)24-21(16)19-10-6-14-29-19/h1-3,6-8,10-12,14-15,18H,4-5,9,13H2,(H2,23,28)/b12-11+. The van der Waals surface area contributed by atoms with Crippen molar-refractivity contribution in [2.75, 3.05) is 6.54 Å². The Hall–Kier alpha value is -3.61. The lowest BCUT2D eigenvalue weighted by molar-refractivity contribution is -0.137. The van der Waals surface area contributed by atoms with E-state index in [-0.39, 0.29) is 5.91 Å². The number of furan rings is 1. The zero-order chi connectivity index (χ0) is 20.2. The molecule has 4 rings (SSSR count). The monoisotopic (exact) mass is 390 g/mol. The Morgan fingerprint density at radius 2 is 1.97 bits per heavy atom. The number of likely N-dealkylation sites (tertiary alicyclic amines) is 1. The maximum atomic E-state index is 12.7. The molecule has 2 amide bonds. The molecule has 7 nitrogen and oxygen atoms in total. The second kappa shape index (κ2) is 8.18. The first kappa shape index (κ1) is 18.7. The van der Waals surface area contributed by atoms with Crippen LogP contribution >= 0.6 is 0 Å². The topological polar surface area (TPSA) is 94.4 Å². The number of carbonyl (C=O) groups excluding carboxylic acids is 2. The summed E-state index contributed by atoms with van der Waals surface area (Å²) in [5, 5.41) is 4.63. The van der Waals surface area contributed by atoms with E-state index in [0.717, 1.165) is 24.1 Å². The molecule has 1 fully saturated rings. The number of hydrogen-bond acceptors (Lipinski definition) is 4. The summed E-state index contributed by atoms with van der Waals surface area (Å²) >= 11 is 0. The fourth-order valence-corrected chi connectivity index (χ4v) is 3.57. The van der Waals surface area contributed by atoms with Crippen molar-refractivity contribution < 1.29 is 14.0 Å². The second-order valence-corrected chi connectivity index (χ2v) is 6.97. The van der Waals surface area contributed by atoms with Gasteiger partial charge in [-0.3, -0.25) is 9.59 Å². The summed E-state index contributed by atoms with van der Waals surface area (Å²) in [6.07, 6.45) is 8.98. The highest BCUT2D eigenvalue weighted by molar-refractivity contribution is 5.96. The molecule has 1 aromatic carbocycles. The molecular formula is C22H22N4O3. The van der Waals surface area contributed by atoms with Gasteiger partial charge in [0.1, 0.15) is 11.7 Å². The van der Waals surface area contributed by atoms with Gasteiger partial charge < -0.3 is 15.1 Å². The van der Waals surface area contributed by atoms with Crippen molar-refractivity contribution in [3.8, 4) is 17.1 Å². The predicted octanol–water partition coefficient (Wildman–Crippen LogP) is 3.01. The van der Waals surface area contributed by atoms with Crippen molar-refractivity contribution in [3.63, 3.8) is 0 Å². The Bertz CT molecular complexity index is 1020. The van der Waals surface area contributed by atoms with Gasteiger partial charge in [0.15, 0.2) is 5.76 Å². The van der Waals surface area contributed by atoms with Crippen molar-refractivity contribution in [3.05, 3.63) is 66.6 Å². The number of aromatic nitrogens is 2. The SMILES string of the molecule is NC(=O)C1CCCCN1C(=O)/C=C/c1cn(-c2ccccc2)nc1-c1ccco1. The van der Waals surface area contributed by atoms with E-state index in [2.05, 4.69) is 5.10 Å². The molecule has 1 unspecified atom stereocenters. The number of piperidine rings is 1. The fraction of sp³-hybridized carbons (Fsp3) is 0.227. The van der Waals surface area contributed by atoms with E-state index in [9.17, 15) is 9.59 Å². The molecule has 7 heteroatoms. The second-order valence-electron chi connectivity index (χ2n) is 6.97. The highest BCUT2D eigenvalue weighted by atomic mass is 16.3. The summed E-state index contributed by atoms with van der Waals surface area (Å²) in [5.74, 6) is -0.0780. The first-order chi connectivity index (χ1) is 14.1. The van der Waals surface area contributed by atoms with Gasteiger partial charge in [0, 0.05) is 24.4 Å². The van der Waals surface area contributed by atoms with Gasteiger partial charge in [0.05, 0.1) is 12.0 Å². The van der Waals surface area contributed by atoms with Gasteiger partial charge in [-0.15, -0.1) is 0 Å². The summed E-state index contributed by atoms with van der Waals surface area (Å²) in [4.78, 5) is 26.0. The van der Waals surface area contributed by atoms with Gasteiger partial charge in [-0.25, -0.2) is 4.68 Å². The lowest BCUT2D eigenvalue weighted by Crippen LogP contribution is -2.49. The Morgan fingerprint density at radius 3 is 2.69 bits per heavy atom. The average Bonchev–Trinajstić information content (AvgIpc) is 3.42. The lowest BCUT2D eigenvalue weighted by Gasteiger charge is -2.32. The van der Waals surface area contributed by atoms with E-state index in [4.69, 9.17) is 10.2 Å². The largest absolute Gasteiger partial charge is 0.463 e. The van der Waals surface area contributed by atoms with E-state index in [1.807, 2.05) is 42.6 Å². The number of para-hydroxylation sites is 1. The summed E-state index contributed by atoms with van der Waals surface area (Å²) in [6.45, 7) is 0.533. The Kier molecular flexibility index (Phi) is 5.29. The number of nitrogens with two attached hydrogens (primary N) is 1. The summed E-state index contributed by atoms with van der Waals surface area (Å²) < 4.78 is 7.26. The van der Waals surface area contributed by atoms with E-state index < -0.39 is 11.9 Å². The minimum atomic E-state index is -0.544. The van der Waals surface area contributed by atoms with Gasteiger partial charge in [-0.1, -0.05) is 18.2 Å². The number of amides is 2. The quantitative estimate of drug-likeness (QED) is 0.678. The third-order valence-electron chi connectivity index (χ3n) is 5.04. The Labute approximate surface area is 168 Å². The number of carbonyl (C=O) groups is 2. The number of hydrogen-bond donors (Lipinski definition) is 1. The number of rotatable bonds is 5. The molecule has 2 N–H and O–H groups in total. The molecular weight excluding hydrogens is 368 g/mol. The van der Waals surface area contributed by atoms with Gasteiger partial charge in [-0.2, -0.15) is 5.10 Å². The van der Waals surface area contributed by atoms with Gasteiger partial charge >= 0.3 is 0 Å². The molecule has 1 saturated heterocycles. The zero-order valence-electron chi connectivity index (χ0n) is 15.9. The van der Waals surface area contributed by atoms with Crippen molar-refractivity contribution >= 4 is 17.9 Å². The third-order valence-corrected chi connectivity index (χ3v) is 5.04. The van der Waals surface area contributed by atoms with Crippen LogP contribution in [0.1, 0.15) is 24.8 Å². The minimum absolute atomic E-state index is 0.230. The summed E-state index contributed by atoms with van der Waals surface area (Å²) in [6, 6.07) is 12.8. The predicted molar refractivity (Wildman–Crippen MR) is 109 cm³/mol. The minimum Gasteiger partial charge on any atom is -0.463 e. The number of benzene rings is 1. The number of primary amides is 1. The summed E-state index contributed by atoms with van der Waals surface area (Å²) in [7, 11) is 0. The van der Waals surface area contributed by atoms with Crippen molar-refractivity contribution in [2.45, 2.75) is 25.3 Å². The van der Waals surface area contributed by atoms with E-state index in [0.29, 0.717) is 24.4 Å². The van der Waals surface area contributed by atoms with Gasteiger partial charge in [-0.05, 0) is 49.6 Å². The molecule has 1 atom stereocenters. The summed E-state index contributed by atoms with van der Waals surface area (Å²) in [5.41, 5.74) is 7.75. The first-order valence-electron chi connectivity index (χ1n) is 9.60. The van der Waals surface area contributed by atoms with Crippen molar-refractivity contribution in [2.24, 2.45) is 5.73 Å². The van der Waals surface area contributed by atoms with Gasteiger partial charge in [0.2, 0.25) is 11.8 Å². The Morgan fingerprint density at radius 1 is 1.14 bits per heavy atom. The van der Waals surface area contributed by atoms with Crippen LogP contribution < -0.4 is 5.73 Å². The highest BCUT2D eigenvalue weighted by Crippen LogP contribution is 2.25. The molecule has 0 bridgehead atoms. The molecule has 0 aliphatic carbocycles. The van der Waals surface area contributed by atoms with E-state index in [1.54, 1.807) is 28.0 Å². The van der Waals surface area contributed by atoms with Crippen LogP contribution in [0.25, 0.3) is 23.2 Å². The molecule has 2 aromatic heterocycles. The van der Waals surface area contributed by atoms with Crippen LogP contribution in [0.2, 0.25) is 0 Å². The molecule has 3 heterocycles. The number of nitrogens with zero attached hydrogens (tertiary/aromatic N) is 3. The van der Waals surface area contributed by atoms with Crippen LogP contribution in [0.15, 0.2) is 65.4 Å². The molecule has 0 spiro atoms. The molecule has 3 aromatic rings. The van der Waals surface area contributed by atoms with Crippen LogP contribution in [0.5, 0.6) is 0 Å². The van der Waals surface area contributed by atoms with E-state index >= 15 is 0 Å². The fourth-order valence-electron chi connectivity index (χ4n) is 3.57. The third kappa shape index (κ3) is 3.99. The van der Waals surface area contributed by atoms with E-state index in [1.165, 1.54) is 6.08 Å². The van der Waals surface area contributed by atoms with Crippen LogP contribution in [-0.2, 0) is 9.59 Å². The molecule has 0 saturated carbocycles. The zero-order valence-corrected chi connectivity index (χ0v) is 15.9. The van der Waals surface area contributed by atoms with Crippen LogP contribution in [0, 0.1) is 0 Å². The van der Waals surface area contributed by atoms with Gasteiger partial charge in [0.25, 0.3) is 0 Å². The average molecular weight is 390 g/mol. The smallest absolute Gasteiger partial charge is 0.247 e. The maximum Gasteiger partial charge on any atom is 0.247 e.